The Kier molecular flexibility index (Phi) is 7.95. The second-order valence-electron chi connectivity index (χ2n) is 6.26. The number of likely N-dealkylation sites (tertiary alicyclic amines) is 1. The van der Waals surface area contributed by atoms with Crippen LogP contribution in [-0.4, -0.2) is 49.2 Å². The minimum atomic E-state index is -5.27. The predicted octanol–water partition coefficient (Wildman–Crippen LogP) is -0.218. The Hall–Kier alpha value is 0.231. The summed E-state index contributed by atoms with van der Waals surface area (Å²) in [6.45, 7) is 0.0330. The van der Waals surface area contributed by atoms with Crippen molar-refractivity contribution in [1.29, 1.82) is 0 Å². The molecule has 0 aliphatic carbocycles. The van der Waals surface area contributed by atoms with Crippen molar-refractivity contribution in [3.05, 3.63) is 0 Å². The van der Waals surface area contributed by atoms with Gasteiger partial charge in [0.05, 0.1) is 6.61 Å². The van der Waals surface area contributed by atoms with Gasteiger partial charge in [0, 0.05) is 19.5 Å². The van der Waals surface area contributed by atoms with Crippen LogP contribution in [0.4, 0.5) is 17.7 Å². The average molecular weight is 349 g/mol. The molecule has 1 rings (SSSR count). The topological polar surface area (TPSA) is 55.8 Å². The third-order valence-corrected chi connectivity index (χ3v) is 3.16. The van der Waals surface area contributed by atoms with E-state index in [2.05, 4.69) is 4.74 Å². The molecule has 0 bridgehead atoms. The summed E-state index contributed by atoms with van der Waals surface area (Å²) in [7, 11) is 0. The first-order valence-electron chi connectivity index (χ1n) is 6.73. The van der Waals surface area contributed by atoms with Crippen molar-refractivity contribution in [3.63, 3.8) is 0 Å². The Bertz CT molecular complexity index is 420. The number of rotatable bonds is 4. The molecule has 22 heavy (non-hydrogen) atoms. The van der Waals surface area contributed by atoms with Crippen LogP contribution in [0.2, 0.25) is 5.31 Å². The van der Waals surface area contributed by atoms with Crippen LogP contribution in [0.1, 0.15) is 34.1 Å². The van der Waals surface area contributed by atoms with E-state index >= 15 is 0 Å². The monoisotopic (exact) mass is 349 g/mol. The molecule has 0 spiro atoms. The molecule has 1 aliphatic heterocycles. The Morgan fingerprint density at radius 1 is 1.23 bits per heavy atom. The molecule has 122 valence electrons. The molecule has 10 heteroatoms. The fourth-order valence-corrected chi connectivity index (χ4v) is 2.10. The van der Waals surface area contributed by atoms with Gasteiger partial charge in [0.2, 0.25) is 0 Å². The van der Waals surface area contributed by atoms with E-state index in [4.69, 9.17) is 4.74 Å². The van der Waals surface area contributed by atoms with Crippen molar-refractivity contribution >= 4 is 19.0 Å². The maximum absolute atomic E-state index is 13.2. The van der Waals surface area contributed by atoms with E-state index in [1.165, 1.54) is 6.92 Å². The van der Waals surface area contributed by atoms with Gasteiger partial charge < -0.3 is 27.3 Å². The van der Waals surface area contributed by atoms with Gasteiger partial charge in [-0.25, -0.2) is 4.79 Å². The molecule has 0 radical (unpaired) electrons. The van der Waals surface area contributed by atoms with Gasteiger partial charge in [-0.15, -0.1) is 0 Å². The van der Waals surface area contributed by atoms with Crippen molar-refractivity contribution in [3.8, 4) is 0 Å². The van der Waals surface area contributed by atoms with Gasteiger partial charge in [-0.2, -0.15) is 0 Å². The van der Waals surface area contributed by atoms with Crippen LogP contribution in [0.5, 0.6) is 0 Å². The molecule has 1 aliphatic rings. The van der Waals surface area contributed by atoms with Gasteiger partial charge in [0.25, 0.3) is 0 Å². The number of carbonyl (C=O) groups excluding carboxylic acids is 2. The van der Waals surface area contributed by atoms with Gasteiger partial charge >= 0.3 is 70.4 Å². The number of ether oxygens (including phenoxy) is 2. The third-order valence-electron chi connectivity index (χ3n) is 3.16. The smallest absolute Gasteiger partial charge is 0.466 e. The van der Waals surface area contributed by atoms with E-state index in [9.17, 15) is 22.5 Å². The first-order valence-corrected chi connectivity index (χ1v) is 6.73. The maximum Gasteiger partial charge on any atom is 1.00 e. The zero-order valence-electron chi connectivity index (χ0n) is 13.6. The number of halogens is 3. The minimum absolute atomic E-state index is 0. The van der Waals surface area contributed by atoms with Crippen LogP contribution in [0.25, 0.3) is 0 Å². The van der Waals surface area contributed by atoms with Crippen LogP contribution in [0, 0.1) is 0 Å². The number of nitrogens with zero attached hydrogens (tertiary/aromatic N) is 1. The fourth-order valence-electron chi connectivity index (χ4n) is 2.10. The molecule has 1 saturated heterocycles. The predicted molar refractivity (Wildman–Crippen MR) is 70.8 cm³/mol. The van der Waals surface area contributed by atoms with Gasteiger partial charge in [-0.3, -0.25) is 4.79 Å². The van der Waals surface area contributed by atoms with Crippen molar-refractivity contribution in [2.24, 2.45) is 0 Å². The molecule has 0 aromatic heterocycles. The minimum Gasteiger partial charge on any atom is -0.466 e. The quantitative estimate of drug-likeness (QED) is 0.520. The summed E-state index contributed by atoms with van der Waals surface area (Å²) < 4.78 is 49.2. The van der Waals surface area contributed by atoms with Crippen LogP contribution >= 0.6 is 0 Å². The number of carbonyl (C=O) groups is 2. The molecule has 0 aromatic rings. The molecule has 0 saturated carbocycles. The molecule has 0 unspecified atom stereocenters. The Labute approximate surface area is 170 Å². The van der Waals surface area contributed by atoms with E-state index in [0.717, 1.165) is 4.90 Å². The van der Waals surface area contributed by atoms with Gasteiger partial charge in [-0.1, -0.05) is 0 Å². The van der Waals surface area contributed by atoms with Crippen LogP contribution in [0.3, 0.4) is 0 Å². The molecular formula is C12H20BF3KNO4. The van der Waals surface area contributed by atoms with E-state index in [0.29, 0.717) is 0 Å². The SMILES string of the molecule is CCOC(=O)CC1([B-](F)(F)F)CN(C(=O)OC(C)(C)C)C1.[K+]. The van der Waals surface area contributed by atoms with E-state index in [1.54, 1.807) is 20.8 Å². The van der Waals surface area contributed by atoms with Crippen molar-refractivity contribution < 1.29 is 83.4 Å². The van der Waals surface area contributed by atoms with Gasteiger partial charge in [-0.05, 0) is 33.0 Å². The van der Waals surface area contributed by atoms with Crippen molar-refractivity contribution in [1.82, 2.24) is 4.90 Å². The van der Waals surface area contributed by atoms with Crippen LogP contribution in [-0.2, 0) is 14.3 Å². The van der Waals surface area contributed by atoms with Crippen LogP contribution < -0.4 is 51.4 Å². The number of hydrogen-bond donors (Lipinski definition) is 0. The second-order valence-corrected chi connectivity index (χ2v) is 6.26. The van der Waals surface area contributed by atoms with E-state index in [1.807, 2.05) is 0 Å². The van der Waals surface area contributed by atoms with E-state index < -0.39 is 49.5 Å². The summed E-state index contributed by atoms with van der Waals surface area (Å²) in [5, 5.41) is -2.18. The number of esters is 1. The summed E-state index contributed by atoms with van der Waals surface area (Å²) >= 11 is 0. The summed E-state index contributed by atoms with van der Waals surface area (Å²) in [4.78, 5) is 24.0. The second kappa shape index (κ2) is 7.87. The summed E-state index contributed by atoms with van der Waals surface area (Å²) in [5.74, 6) is -0.902. The largest absolute Gasteiger partial charge is 1.00 e. The molecular weight excluding hydrogens is 329 g/mol. The Morgan fingerprint density at radius 3 is 2.09 bits per heavy atom. The fraction of sp³-hybridized carbons (Fsp3) is 0.833. The number of hydrogen-bond acceptors (Lipinski definition) is 4. The van der Waals surface area contributed by atoms with Crippen molar-refractivity contribution in [2.75, 3.05) is 19.7 Å². The Morgan fingerprint density at radius 2 is 1.73 bits per heavy atom. The molecule has 1 amide bonds. The Balaban J connectivity index is 0.00000441. The molecule has 1 fully saturated rings. The zero-order valence-corrected chi connectivity index (χ0v) is 16.7. The third kappa shape index (κ3) is 5.70. The summed E-state index contributed by atoms with van der Waals surface area (Å²) in [6.07, 6.45) is -1.56. The summed E-state index contributed by atoms with van der Waals surface area (Å²) in [6, 6.07) is 0. The average Bonchev–Trinajstić information content (AvgIpc) is 2.18. The standard InChI is InChI=1S/C12H20BF3NO4.K/c1-5-20-9(18)6-12(13(14,15)16)7-17(8-12)10(19)21-11(2,3)4;/h5-8H2,1-4H3;/q-1;+1. The van der Waals surface area contributed by atoms with Gasteiger partial charge in [0.15, 0.2) is 0 Å². The first kappa shape index (κ1) is 22.2. The molecule has 0 atom stereocenters. The zero-order chi connectivity index (χ0) is 16.5. The van der Waals surface area contributed by atoms with Gasteiger partial charge in [0.1, 0.15) is 5.60 Å². The van der Waals surface area contributed by atoms with Crippen LogP contribution in [0.15, 0.2) is 0 Å². The molecule has 5 nitrogen and oxygen atoms in total. The van der Waals surface area contributed by atoms with Crippen molar-refractivity contribution in [2.45, 2.75) is 45.0 Å². The molecule has 0 aromatic carbocycles. The normalized spacial score (nSPS) is 17.1. The maximum atomic E-state index is 13.2. The van der Waals surface area contributed by atoms with E-state index in [-0.39, 0.29) is 58.0 Å². The number of amides is 1. The first-order chi connectivity index (χ1) is 9.40. The molecule has 1 heterocycles. The molecule has 0 N–H and O–H groups in total. The summed E-state index contributed by atoms with van der Waals surface area (Å²) in [5.41, 5.74) is -0.778.